The van der Waals surface area contributed by atoms with E-state index in [4.69, 9.17) is 13.2 Å². The number of para-hydroxylation sites is 2. The number of aryl methyl sites for hydroxylation is 2. The predicted octanol–water partition coefficient (Wildman–Crippen LogP) is 19.1. The van der Waals surface area contributed by atoms with Crippen LogP contribution in [0.4, 0.5) is 17.1 Å². The molecular weight excluding hydrogens is 921 g/mol. The van der Waals surface area contributed by atoms with Gasteiger partial charge in [0.1, 0.15) is 22.2 Å². The van der Waals surface area contributed by atoms with E-state index in [1.54, 1.807) is 0 Å². The van der Waals surface area contributed by atoms with E-state index in [1.807, 2.05) is 12.1 Å². The first-order chi connectivity index (χ1) is 36.5. The highest BCUT2D eigenvalue weighted by atomic mass is 32.1. The van der Waals surface area contributed by atoms with E-state index in [9.17, 15) is 0 Å². The van der Waals surface area contributed by atoms with Crippen molar-refractivity contribution in [1.82, 2.24) is 13.3 Å². The molecule has 74 heavy (non-hydrogen) atoms. The van der Waals surface area contributed by atoms with E-state index in [1.165, 1.54) is 61.4 Å². The Balaban J connectivity index is 0.853. The van der Waals surface area contributed by atoms with Gasteiger partial charge in [0.15, 0.2) is 0 Å². The van der Waals surface area contributed by atoms with Crippen LogP contribution in [0, 0.1) is 13.8 Å². The number of nitrogens with zero attached hydrogens (tertiary/aromatic N) is 4. The van der Waals surface area contributed by atoms with Crippen LogP contribution in [-0.4, -0.2) is 13.3 Å². The minimum atomic E-state index is 0.844. The second-order valence-electron chi connectivity index (χ2n) is 19.2. The summed E-state index contributed by atoms with van der Waals surface area (Å²) in [5.41, 5.74) is 23.8. The Kier molecular flexibility index (Phi) is 10.4. The third kappa shape index (κ3) is 7.46. The standard InChI is InChI=1S/C68H46N4OS/c1-43-15-19-47(20-16-43)51-29-38-62-60(41-51)61-42-52(48-21-17-44(2)18-22-48)30-39-63(61)72(62)55-35-25-49(26-36-55)56-37-40-64(67-66(56)69-74-70-67)71(53-31-23-46(24-32-53)45-9-4-3-5-10-45)54-33-27-50(28-34-54)57-12-8-13-59-58-11-6-7-14-65(58)73-68(57)59/h3-42H,1-2H3. The van der Waals surface area contributed by atoms with Crippen LogP contribution >= 0.6 is 11.7 Å². The van der Waals surface area contributed by atoms with Gasteiger partial charge in [-0.25, -0.2) is 0 Å². The molecule has 0 bridgehead atoms. The van der Waals surface area contributed by atoms with Crippen LogP contribution in [0.1, 0.15) is 11.1 Å². The van der Waals surface area contributed by atoms with Gasteiger partial charge >= 0.3 is 0 Å². The zero-order valence-electron chi connectivity index (χ0n) is 40.7. The van der Waals surface area contributed by atoms with Crippen LogP contribution in [0.5, 0.6) is 0 Å². The van der Waals surface area contributed by atoms with E-state index >= 15 is 0 Å². The molecule has 0 fully saturated rings. The Bertz CT molecular complexity index is 4300. The lowest BCUT2D eigenvalue weighted by Gasteiger charge is -2.26. The molecule has 0 N–H and O–H groups in total. The summed E-state index contributed by atoms with van der Waals surface area (Å²) in [5.74, 6) is 0. The van der Waals surface area contributed by atoms with Crippen molar-refractivity contribution in [2.24, 2.45) is 0 Å². The third-order valence-electron chi connectivity index (χ3n) is 14.7. The summed E-state index contributed by atoms with van der Waals surface area (Å²) in [6.07, 6.45) is 0. The number of benzene rings is 11. The lowest BCUT2D eigenvalue weighted by molar-refractivity contribution is 0.670. The zero-order chi connectivity index (χ0) is 49.3. The second-order valence-corrected chi connectivity index (χ2v) is 19.8. The van der Waals surface area contributed by atoms with Crippen LogP contribution in [0.15, 0.2) is 247 Å². The van der Waals surface area contributed by atoms with Gasteiger partial charge in [-0.1, -0.05) is 175 Å². The van der Waals surface area contributed by atoms with Crippen molar-refractivity contribution in [3.63, 3.8) is 0 Å². The molecule has 14 rings (SSSR count). The van der Waals surface area contributed by atoms with Gasteiger partial charge in [-0.2, -0.15) is 8.75 Å². The van der Waals surface area contributed by atoms with Crippen LogP contribution < -0.4 is 4.90 Å². The summed E-state index contributed by atoms with van der Waals surface area (Å²) in [4.78, 5) is 2.30. The van der Waals surface area contributed by atoms with Gasteiger partial charge in [0.05, 0.1) is 28.4 Å². The molecule has 0 saturated heterocycles. The van der Waals surface area contributed by atoms with Crippen molar-refractivity contribution in [3.05, 3.63) is 254 Å². The molecule has 3 heterocycles. The first-order valence-corrected chi connectivity index (χ1v) is 25.8. The van der Waals surface area contributed by atoms with Crippen LogP contribution in [0.2, 0.25) is 0 Å². The van der Waals surface area contributed by atoms with E-state index in [-0.39, 0.29) is 0 Å². The minimum absolute atomic E-state index is 0.844. The Morgan fingerprint density at radius 3 is 1.53 bits per heavy atom. The maximum Gasteiger partial charge on any atom is 0.143 e. The Hall–Kier alpha value is -9.36. The predicted molar refractivity (Wildman–Crippen MR) is 310 cm³/mol. The molecule has 0 radical (unpaired) electrons. The molecule has 0 atom stereocenters. The first-order valence-electron chi connectivity index (χ1n) is 25.0. The molecule has 0 saturated carbocycles. The molecule has 0 aliphatic heterocycles. The van der Waals surface area contributed by atoms with E-state index in [0.29, 0.717) is 0 Å². The van der Waals surface area contributed by atoms with Crippen LogP contribution in [0.3, 0.4) is 0 Å². The van der Waals surface area contributed by atoms with Crippen LogP contribution in [-0.2, 0) is 0 Å². The van der Waals surface area contributed by atoms with Gasteiger partial charge in [0.2, 0.25) is 0 Å². The third-order valence-corrected chi connectivity index (χ3v) is 15.2. The van der Waals surface area contributed by atoms with Crippen molar-refractivity contribution in [1.29, 1.82) is 0 Å². The van der Waals surface area contributed by atoms with Crippen molar-refractivity contribution < 1.29 is 4.42 Å². The number of fused-ring (bicyclic) bond motifs is 7. The van der Waals surface area contributed by atoms with Crippen molar-refractivity contribution in [2.45, 2.75) is 13.8 Å². The largest absolute Gasteiger partial charge is 0.455 e. The minimum Gasteiger partial charge on any atom is -0.455 e. The lowest BCUT2D eigenvalue weighted by Crippen LogP contribution is -2.10. The molecule has 0 aliphatic carbocycles. The topological polar surface area (TPSA) is 47.1 Å². The van der Waals surface area contributed by atoms with E-state index < -0.39 is 0 Å². The first kappa shape index (κ1) is 43.4. The van der Waals surface area contributed by atoms with Crippen molar-refractivity contribution in [3.8, 4) is 61.3 Å². The fourth-order valence-electron chi connectivity index (χ4n) is 10.8. The summed E-state index contributed by atoms with van der Waals surface area (Å²) < 4.78 is 18.9. The van der Waals surface area contributed by atoms with Crippen molar-refractivity contribution >= 4 is 83.6 Å². The summed E-state index contributed by atoms with van der Waals surface area (Å²) in [7, 11) is 0. The molecule has 0 unspecified atom stereocenters. The number of hydrogen-bond donors (Lipinski definition) is 0. The molecule has 11 aromatic carbocycles. The molecule has 350 valence electrons. The smallest absolute Gasteiger partial charge is 0.143 e. The summed E-state index contributed by atoms with van der Waals surface area (Å²) >= 11 is 1.25. The molecule has 0 aliphatic rings. The fraction of sp³-hybridized carbons (Fsp3) is 0.0294. The van der Waals surface area contributed by atoms with Gasteiger partial charge in [-0.05, 0) is 137 Å². The van der Waals surface area contributed by atoms with Crippen molar-refractivity contribution in [2.75, 3.05) is 4.90 Å². The second kappa shape index (κ2) is 17.7. The Labute approximate surface area is 432 Å². The molecule has 3 aromatic heterocycles. The summed E-state index contributed by atoms with van der Waals surface area (Å²) in [6, 6.07) is 87.5. The van der Waals surface area contributed by atoms with E-state index in [0.717, 1.165) is 94.6 Å². The average molecular weight is 967 g/mol. The zero-order valence-corrected chi connectivity index (χ0v) is 41.5. The molecule has 14 aromatic rings. The molecule has 6 heteroatoms. The average Bonchev–Trinajstić information content (AvgIpc) is 4.21. The highest BCUT2D eigenvalue weighted by Gasteiger charge is 2.22. The number of anilines is 3. The van der Waals surface area contributed by atoms with E-state index in [2.05, 4.69) is 254 Å². The van der Waals surface area contributed by atoms with Gasteiger partial charge in [0.25, 0.3) is 0 Å². The maximum atomic E-state index is 6.46. The molecule has 0 spiro atoms. The van der Waals surface area contributed by atoms with Gasteiger partial charge < -0.3 is 13.9 Å². The quantitative estimate of drug-likeness (QED) is 0.145. The number of furan rings is 1. The fourth-order valence-corrected chi connectivity index (χ4v) is 11.4. The van der Waals surface area contributed by atoms with Gasteiger partial charge in [-0.15, -0.1) is 0 Å². The number of aromatic nitrogens is 3. The Morgan fingerprint density at radius 1 is 0.378 bits per heavy atom. The molecule has 0 amide bonds. The van der Waals surface area contributed by atoms with Gasteiger partial charge in [0, 0.05) is 49.7 Å². The Morgan fingerprint density at radius 2 is 0.878 bits per heavy atom. The SMILES string of the molecule is Cc1ccc(-c2ccc3c(c2)c2cc(-c4ccc(C)cc4)ccc2n3-c2ccc(-c3ccc(N(c4ccc(-c5ccccc5)cc4)c4ccc(-c5cccc6c5oc5ccccc56)cc4)c4nsnc34)cc2)cc1. The summed E-state index contributed by atoms with van der Waals surface area (Å²) in [5, 5.41) is 4.68. The monoisotopic (exact) mass is 966 g/mol. The van der Waals surface area contributed by atoms with Crippen LogP contribution in [0.25, 0.3) is 116 Å². The maximum absolute atomic E-state index is 6.46. The lowest BCUT2D eigenvalue weighted by atomic mass is 9.99. The molecule has 5 nitrogen and oxygen atoms in total. The summed E-state index contributed by atoms with van der Waals surface area (Å²) in [6.45, 7) is 4.27. The highest BCUT2D eigenvalue weighted by molar-refractivity contribution is 7.00. The molecular formula is C68H46N4OS. The normalized spacial score (nSPS) is 11.6. The number of rotatable bonds is 9. The highest BCUT2D eigenvalue weighted by Crippen LogP contribution is 2.44. The van der Waals surface area contributed by atoms with Gasteiger partial charge in [-0.3, -0.25) is 0 Å². The number of hydrogen-bond acceptors (Lipinski definition) is 5.